The summed E-state index contributed by atoms with van der Waals surface area (Å²) in [7, 11) is 0. The molecule has 2 aromatic heterocycles. The molecule has 4 N–H and O–H groups in total. The Hall–Kier alpha value is -5.71. The molecule has 17 heteroatoms. The molecule has 5 aromatic rings. The van der Waals surface area contributed by atoms with Gasteiger partial charge in [-0.1, -0.05) is 51.4 Å². The highest BCUT2D eigenvalue weighted by molar-refractivity contribution is 7.13. The molecule has 3 fully saturated rings. The van der Waals surface area contributed by atoms with Crippen molar-refractivity contribution in [3.8, 4) is 21.9 Å². The smallest absolute Gasteiger partial charge is 0.258 e. The van der Waals surface area contributed by atoms with Crippen LogP contribution >= 0.6 is 22.9 Å². The van der Waals surface area contributed by atoms with Gasteiger partial charge in [-0.15, -0.1) is 11.3 Å². The number of nitrogens with one attached hydrogen (secondary N) is 3. The van der Waals surface area contributed by atoms with Gasteiger partial charge in [0.15, 0.2) is 5.67 Å². The Labute approximate surface area is 435 Å². The number of rotatable bonds is 20. The van der Waals surface area contributed by atoms with Crippen LogP contribution in [-0.4, -0.2) is 87.2 Å². The summed E-state index contributed by atoms with van der Waals surface area (Å²) in [5, 5.41) is 20.6. The van der Waals surface area contributed by atoms with E-state index in [4.69, 9.17) is 21.1 Å². The molecule has 0 spiro atoms. The second kappa shape index (κ2) is 23.2. The molecule has 390 valence electrons. The lowest BCUT2D eigenvalue weighted by Crippen LogP contribution is -2.59. The number of ether oxygens (including phenoxy) is 2. The van der Waals surface area contributed by atoms with Gasteiger partial charge in [0.1, 0.15) is 29.4 Å². The first-order valence-corrected chi connectivity index (χ1v) is 26.8. The number of thiazole rings is 1. The van der Waals surface area contributed by atoms with E-state index in [0.717, 1.165) is 89.5 Å². The number of aromatic nitrogens is 2. The Morgan fingerprint density at radius 2 is 1.66 bits per heavy atom. The molecule has 1 aliphatic heterocycles. The van der Waals surface area contributed by atoms with E-state index in [0.29, 0.717) is 41.3 Å². The molecule has 4 atom stereocenters. The van der Waals surface area contributed by atoms with E-state index in [2.05, 4.69) is 25.9 Å². The number of hydrogen-bond acceptors (Lipinski definition) is 10. The minimum absolute atomic E-state index is 0.0198. The number of carbonyl (C=O) groups is 4. The van der Waals surface area contributed by atoms with Crippen LogP contribution in [0.3, 0.4) is 0 Å². The number of pyridine rings is 1. The summed E-state index contributed by atoms with van der Waals surface area (Å²) in [6.45, 7) is 10.1. The topological polar surface area (TPSA) is 172 Å². The number of aryl methyl sites for hydroxylation is 1. The van der Waals surface area contributed by atoms with E-state index < -0.39 is 47.0 Å². The molecule has 0 radical (unpaired) electrons. The summed E-state index contributed by atoms with van der Waals surface area (Å²) in [4.78, 5) is 65.1. The van der Waals surface area contributed by atoms with Gasteiger partial charge >= 0.3 is 0 Å². The number of amides is 4. The number of alkyl halides is 1. The zero-order valence-corrected chi connectivity index (χ0v) is 43.9. The lowest BCUT2D eigenvalue weighted by Gasteiger charge is -2.35. The number of anilines is 1. The number of unbranched alkanes of at least 4 members (excludes halogenated alkanes) is 3. The number of aliphatic hydroxyl groups is 1. The Kier molecular flexibility index (Phi) is 17.1. The fraction of sp³-hybridized carbons (Fsp3) is 0.500. The van der Waals surface area contributed by atoms with Crippen LogP contribution in [0.5, 0.6) is 11.5 Å². The predicted octanol–water partition coefficient (Wildman–Crippen LogP) is 10.6. The van der Waals surface area contributed by atoms with Gasteiger partial charge in [-0.3, -0.25) is 24.2 Å². The van der Waals surface area contributed by atoms with Crippen LogP contribution in [0.2, 0.25) is 5.02 Å². The van der Waals surface area contributed by atoms with Crippen molar-refractivity contribution in [2.75, 3.05) is 25.1 Å². The van der Waals surface area contributed by atoms with Gasteiger partial charge in [-0.05, 0) is 142 Å². The number of benzene rings is 3. The molecule has 13 nitrogen and oxygen atoms in total. The number of β-amino-alcohol motifs (C(OH)–C–C–N with tert-alkyl or cyclic N) is 1. The number of aliphatic hydroxyl groups excluding tert-OH is 1. The maximum atomic E-state index is 14.7. The predicted molar refractivity (Wildman–Crippen MR) is 280 cm³/mol. The van der Waals surface area contributed by atoms with Crippen LogP contribution in [0, 0.1) is 30.0 Å². The van der Waals surface area contributed by atoms with Gasteiger partial charge in [0.05, 0.1) is 45.9 Å². The van der Waals surface area contributed by atoms with Crippen LogP contribution in [0.1, 0.15) is 121 Å². The third-order valence-electron chi connectivity index (χ3n) is 14.7. The number of nitrogens with zero attached hydrogens (tertiary/aromatic N) is 3. The molecule has 73 heavy (non-hydrogen) atoms. The third kappa shape index (κ3) is 13.2. The second-order valence-corrected chi connectivity index (χ2v) is 22.4. The van der Waals surface area contributed by atoms with Gasteiger partial charge in [-0.25, -0.2) is 13.8 Å². The first-order chi connectivity index (χ1) is 34.9. The monoisotopic (exact) mass is 1040 g/mol. The largest absolute Gasteiger partial charge is 0.493 e. The zero-order chi connectivity index (χ0) is 52.0. The van der Waals surface area contributed by atoms with Crippen molar-refractivity contribution in [3.63, 3.8) is 0 Å². The molecule has 3 aliphatic rings. The number of carbonyl (C=O) groups excluding carboxylic acids is 4. The SMILES string of the molecule is Cc1ncsc1-c1ccc(CNC(=O)[C@@H]2C[C@@H](O)CN2C(=O)[C@@H](NC(=O)C2(F)CC2)C(C)(C)C)c(OCCCCCCOc2cc(NC(=O)[C@H](C)C3CCC(c4ccnc5ccc(F)cc45)CC3)ccc2Cl)c1. The summed E-state index contributed by atoms with van der Waals surface area (Å²) in [5.74, 6) is -0.744. The number of halogens is 3. The van der Waals surface area contributed by atoms with E-state index in [9.17, 15) is 33.1 Å². The van der Waals surface area contributed by atoms with Gasteiger partial charge in [0, 0.05) is 54.3 Å². The quantitative estimate of drug-likeness (QED) is 0.0554. The minimum Gasteiger partial charge on any atom is -0.493 e. The molecule has 1 saturated heterocycles. The van der Waals surface area contributed by atoms with Gasteiger partial charge in [0.2, 0.25) is 17.7 Å². The van der Waals surface area contributed by atoms with Crippen molar-refractivity contribution < 1.29 is 42.5 Å². The van der Waals surface area contributed by atoms with Crippen molar-refractivity contribution >= 4 is 63.2 Å². The third-order valence-corrected chi connectivity index (χ3v) is 16.0. The molecule has 2 aliphatic carbocycles. The van der Waals surface area contributed by atoms with E-state index in [1.807, 2.05) is 38.1 Å². The molecule has 4 amide bonds. The Morgan fingerprint density at radius 3 is 2.34 bits per heavy atom. The van der Waals surface area contributed by atoms with Crippen LogP contribution in [0.25, 0.3) is 21.3 Å². The first kappa shape index (κ1) is 53.6. The van der Waals surface area contributed by atoms with E-state index in [1.165, 1.54) is 22.3 Å². The maximum absolute atomic E-state index is 14.7. The molecule has 0 bridgehead atoms. The lowest BCUT2D eigenvalue weighted by atomic mass is 9.73. The molecular formula is C56H67ClF2N6O7S. The highest BCUT2D eigenvalue weighted by Gasteiger charge is 2.53. The highest BCUT2D eigenvalue weighted by atomic mass is 35.5. The second-order valence-electron chi connectivity index (χ2n) is 21.1. The minimum atomic E-state index is -1.98. The molecule has 2 saturated carbocycles. The van der Waals surface area contributed by atoms with Crippen LogP contribution in [-0.2, 0) is 25.7 Å². The molecule has 8 rings (SSSR count). The van der Waals surface area contributed by atoms with Crippen LogP contribution < -0.4 is 25.4 Å². The van der Waals surface area contributed by atoms with E-state index >= 15 is 0 Å². The number of likely N-dealkylation sites (tertiary alicyclic amines) is 1. The normalized spacial score (nSPS) is 20.3. The van der Waals surface area contributed by atoms with Crippen LogP contribution in [0.4, 0.5) is 14.5 Å². The summed E-state index contributed by atoms with van der Waals surface area (Å²) in [5.41, 5.74) is 4.10. The number of fused-ring (bicyclic) bond motifs is 1. The molecule has 3 heterocycles. The number of hydrogen-bond donors (Lipinski definition) is 4. The highest BCUT2D eigenvalue weighted by Crippen LogP contribution is 2.42. The molecule has 3 aromatic carbocycles. The summed E-state index contributed by atoms with van der Waals surface area (Å²) in [6.07, 6.45) is 7.95. The van der Waals surface area contributed by atoms with Crippen molar-refractivity contribution in [1.29, 1.82) is 0 Å². The fourth-order valence-electron chi connectivity index (χ4n) is 10.1. The zero-order valence-electron chi connectivity index (χ0n) is 42.3. The van der Waals surface area contributed by atoms with Gasteiger partial charge in [0.25, 0.3) is 5.91 Å². The summed E-state index contributed by atoms with van der Waals surface area (Å²) < 4.78 is 41.3. The van der Waals surface area contributed by atoms with Crippen molar-refractivity contribution in [2.45, 2.75) is 142 Å². The Balaban J connectivity index is 0.793. The summed E-state index contributed by atoms with van der Waals surface area (Å²) in [6, 6.07) is 15.7. The summed E-state index contributed by atoms with van der Waals surface area (Å²) >= 11 is 8.05. The first-order valence-electron chi connectivity index (χ1n) is 25.6. The Morgan fingerprint density at radius 1 is 0.932 bits per heavy atom. The van der Waals surface area contributed by atoms with E-state index in [1.54, 1.807) is 62.8 Å². The Bertz CT molecular complexity index is 2790. The average molecular weight is 1040 g/mol. The molecule has 0 unspecified atom stereocenters. The average Bonchev–Trinajstić information content (AvgIpc) is 3.78. The van der Waals surface area contributed by atoms with Crippen molar-refractivity contribution in [2.24, 2.45) is 17.3 Å². The van der Waals surface area contributed by atoms with Crippen molar-refractivity contribution in [3.05, 3.63) is 100 Å². The van der Waals surface area contributed by atoms with Crippen LogP contribution in [0.15, 0.2) is 72.4 Å². The standard InChI is InChI=1S/C56H67ClF2N6O7S/c1-33(35-10-12-36(13-11-35)42-20-23-60-45-19-16-39(58)27-43(42)45)51(67)63-40-17-18-44(57)48(28-40)72-25-9-7-6-8-24-71-47-26-37(49-34(2)62-32-73-49)14-15-38(47)30-61-52(68)46-29-41(66)31-65(46)53(69)50(55(3,4)5)64-54(70)56(59)21-22-56/h14-20,23,26-28,32-33,35-36,41,46,50,66H,6-13,21-22,24-25,29-31H2,1-5H3,(H,61,68)(H,63,67)(H,64,70)/t33-,35?,36?,41-,46+,50-/m1/s1. The van der Waals surface area contributed by atoms with E-state index in [-0.39, 0.29) is 55.9 Å². The van der Waals surface area contributed by atoms with Crippen molar-refractivity contribution in [1.82, 2.24) is 25.5 Å². The van der Waals surface area contributed by atoms with Gasteiger partial charge < -0.3 is 35.4 Å². The lowest BCUT2D eigenvalue weighted by molar-refractivity contribution is -0.145. The fourth-order valence-corrected chi connectivity index (χ4v) is 11.1. The van der Waals surface area contributed by atoms with Gasteiger partial charge in [-0.2, -0.15) is 0 Å². The molecular weight excluding hydrogens is 974 g/mol. The maximum Gasteiger partial charge on any atom is 0.258 e.